The summed E-state index contributed by atoms with van der Waals surface area (Å²) in [6, 6.07) is 8.90. The van der Waals surface area contributed by atoms with Gasteiger partial charge in [-0.3, -0.25) is 5.10 Å². The summed E-state index contributed by atoms with van der Waals surface area (Å²) in [5.41, 5.74) is 5.22. The lowest BCUT2D eigenvalue weighted by Gasteiger charge is -2.31. The van der Waals surface area contributed by atoms with Gasteiger partial charge in [-0.15, -0.1) is 0 Å². The number of aromatic amines is 1. The highest BCUT2D eigenvalue weighted by Gasteiger charge is 2.23. The van der Waals surface area contributed by atoms with Crippen LogP contribution in [0, 0.1) is 6.92 Å². The Morgan fingerprint density at radius 3 is 3.17 bits per heavy atom. The molecule has 1 aromatic heterocycles. The number of nitrogens with one attached hydrogen (secondary N) is 1. The minimum Gasteiger partial charge on any atom is -0.493 e. The Labute approximate surface area is 137 Å². The molecule has 0 saturated carbocycles. The molecule has 1 saturated heterocycles. The maximum atomic E-state index is 5.59. The minimum atomic E-state index is 0.585. The van der Waals surface area contributed by atoms with Crippen LogP contribution in [0.2, 0.25) is 0 Å². The quantitative estimate of drug-likeness (QED) is 0.943. The van der Waals surface area contributed by atoms with Crippen molar-refractivity contribution in [1.82, 2.24) is 15.1 Å². The van der Waals surface area contributed by atoms with E-state index in [1.165, 1.54) is 36.2 Å². The van der Waals surface area contributed by atoms with Crippen LogP contribution in [0.3, 0.4) is 0 Å². The fourth-order valence-corrected chi connectivity index (χ4v) is 3.83. The number of ether oxygens (including phenoxy) is 1. The predicted octanol–water partition coefficient (Wildman–Crippen LogP) is 3.08. The minimum absolute atomic E-state index is 0.585. The van der Waals surface area contributed by atoms with Gasteiger partial charge in [0, 0.05) is 31.1 Å². The van der Waals surface area contributed by atoms with Crippen LogP contribution in [0.15, 0.2) is 24.3 Å². The predicted molar refractivity (Wildman–Crippen MR) is 91.1 cm³/mol. The van der Waals surface area contributed by atoms with Crippen molar-refractivity contribution in [3.63, 3.8) is 0 Å². The van der Waals surface area contributed by atoms with Crippen LogP contribution >= 0.6 is 0 Å². The number of aromatic nitrogens is 2. The second-order valence-corrected chi connectivity index (χ2v) is 6.91. The Balaban J connectivity index is 1.35. The van der Waals surface area contributed by atoms with E-state index in [0.29, 0.717) is 5.92 Å². The zero-order chi connectivity index (χ0) is 15.6. The van der Waals surface area contributed by atoms with Crippen LogP contribution in [0.4, 0.5) is 0 Å². The molecular weight excluding hydrogens is 286 g/mol. The highest BCUT2D eigenvalue weighted by molar-refractivity contribution is 5.39. The number of H-pyrrole nitrogens is 1. The van der Waals surface area contributed by atoms with Crippen LogP contribution in [-0.2, 0) is 12.8 Å². The van der Waals surface area contributed by atoms with Crippen LogP contribution in [0.1, 0.15) is 41.3 Å². The molecule has 0 radical (unpaired) electrons. The number of aryl methyl sites for hydroxylation is 1. The average molecular weight is 311 g/mol. The van der Waals surface area contributed by atoms with Crippen molar-refractivity contribution < 1.29 is 4.74 Å². The Morgan fingerprint density at radius 2 is 2.30 bits per heavy atom. The lowest BCUT2D eigenvalue weighted by Crippen LogP contribution is -2.35. The van der Waals surface area contributed by atoms with Crippen molar-refractivity contribution in [2.75, 3.05) is 26.2 Å². The molecule has 122 valence electrons. The second kappa shape index (κ2) is 6.36. The third-order valence-electron chi connectivity index (χ3n) is 5.12. The van der Waals surface area contributed by atoms with Crippen molar-refractivity contribution in [2.45, 2.75) is 38.5 Å². The van der Waals surface area contributed by atoms with E-state index in [4.69, 9.17) is 4.74 Å². The van der Waals surface area contributed by atoms with Crippen molar-refractivity contribution in [3.05, 3.63) is 46.8 Å². The van der Waals surface area contributed by atoms with Gasteiger partial charge in [-0.25, -0.2) is 0 Å². The van der Waals surface area contributed by atoms with Gasteiger partial charge in [0.25, 0.3) is 0 Å². The van der Waals surface area contributed by atoms with Gasteiger partial charge in [0.1, 0.15) is 5.75 Å². The molecule has 1 N–H and O–H groups in total. The van der Waals surface area contributed by atoms with Crippen molar-refractivity contribution in [2.24, 2.45) is 0 Å². The zero-order valence-corrected chi connectivity index (χ0v) is 13.8. The van der Waals surface area contributed by atoms with Crippen LogP contribution in [-0.4, -0.2) is 41.3 Å². The van der Waals surface area contributed by atoms with E-state index in [2.05, 4.69) is 46.3 Å². The summed E-state index contributed by atoms with van der Waals surface area (Å²) < 4.78 is 5.59. The monoisotopic (exact) mass is 311 g/mol. The Kier molecular flexibility index (Phi) is 4.08. The summed E-state index contributed by atoms with van der Waals surface area (Å²) in [6.07, 6.45) is 4.72. The standard InChI is InChI=1S/C19H25N3O/c1-14-11-18(21-20-14)17-3-2-8-22(13-17)9-6-15-4-5-19-16(12-15)7-10-23-19/h4-5,11-12,17H,2-3,6-10,13H2,1H3,(H,20,21)/t17-/m0/s1. The molecule has 1 aromatic carbocycles. The Morgan fingerprint density at radius 1 is 1.35 bits per heavy atom. The summed E-state index contributed by atoms with van der Waals surface area (Å²) in [6.45, 7) is 6.41. The first kappa shape index (κ1) is 14.8. The van der Waals surface area contributed by atoms with E-state index in [0.717, 1.165) is 44.0 Å². The molecule has 0 unspecified atom stereocenters. The average Bonchev–Trinajstić information content (AvgIpc) is 3.21. The first-order valence-electron chi connectivity index (χ1n) is 8.77. The molecule has 0 spiro atoms. The normalized spacial score (nSPS) is 21.2. The number of nitrogens with zero attached hydrogens (tertiary/aromatic N) is 2. The maximum Gasteiger partial charge on any atom is 0.122 e. The fourth-order valence-electron chi connectivity index (χ4n) is 3.83. The van der Waals surface area contributed by atoms with Gasteiger partial charge in [-0.2, -0.15) is 5.10 Å². The number of rotatable bonds is 4. The van der Waals surface area contributed by atoms with Gasteiger partial charge in [0.15, 0.2) is 0 Å². The highest BCUT2D eigenvalue weighted by Crippen LogP contribution is 2.28. The molecule has 2 aliphatic heterocycles. The maximum absolute atomic E-state index is 5.59. The molecular formula is C19H25N3O. The number of hydrogen-bond donors (Lipinski definition) is 1. The first-order chi connectivity index (χ1) is 11.3. The summed E-state index contributed by atoms with van der Waals surface area (Å²) in [5, 5.41) is 7.55. The number of likely N-dealkylation sites (tertiary alicyclic amines) is 1. The van der Waals surface area contributed by atoms with E-state index in [1.54, 1.807) is 0 Å². The zero-order valence-electron chi connectivity index (χ0n) is 13.8. The van der Waals surface area contributed by atoms with E-state index < -0.39 is 0 Å². The fraction of sp³-hybridized carbons (Fsp3) is 0.526. The summed E-state index contributed by atoms with van der Waals surface area (Å²) >= 11 is 0. The van der Waals surface area contributed by atoms with Crippen molar-refractivity contribution in [3.8, 4) is 5.75 Å². The Bertz CT molecular complexity index is 679. The molecule has 2 aliphatic rings. The molecule has 1 fully saturated rings. The smallest absolute Gasteiger partial charge is 0.122 e. The molecule has 3 heterocycles. The third-order valence-corrected chi connectivity index (χ3v) is 5.12. The van der Waals surface area contributed by atoms with Crippen LogP contribution in [0.25, 0.3) is 0 Å². The molecule has 4 nitrogen and oxygen atoms in total. The molecule has 4 rings (SSSR count). The Hall–Kier alpha value is -1.81. The van der Waals surface area contributed by atoms with Gasteiger partial charge in [-0.05, 0) is 56.0 Å². The summed E-state index contributed by atoms with van der Waals surface area (Å²) in [5.74, 6) is 1.67. The van der Waals surface area contributed by atoms with Crippen molar-refractivity contribution in [1.29, 1.82) is 0 Å². The summed E-state index contributed by atoms with van der Waals surface area (Å²) in [4.78, 5) is 2.60. The van der Waals surface area contributed by atoms with Crippen LogP contribution in [0.5, 0.6) is 5.75 Å². The van der Waals surface area contributed by atoms with Crippen molar-refractivity contribution >= 4 is 0 Å². The largest absolute Gasteiger partial charge is 0.493 e. The SMILES string of the molecule is Cc1cc([C@H]2CCCN(CCc3ccc4c(c3)CCO4)C2)n[nH]1. The van der Waals surface area contributed by atoms with Crippen LogP contribution < -0.4 is 4.74 Å². The van der Waals surface area contributed by atoms with E-state index in [1.807, 2.05) is 0 Å². The molecule has 23 heavy (non-hydrogen) atoms. The number of fused-ring (bicyclic) bond motifs is 1. The molecule has 0 aliphatic carbocycles. The van der Waals surface area contributed by atoms with Gasteiger partial charge in [-0.1, -0.05) is 12.1 Å². The van der Waals surface area contributed by atoms with Gasteiger partial charge < -0.3 is 9.64 Å². The van der Waals surface area contributed by atoms with E-state index in [9.17, 15) is 0 Å². The number of piperidine rings is 1. The summed E-state index contributed by atoms with van der Waals surface area (Å²) in [7, 11) is 0. The topological polar surface area (TPSA) is 41.1 Å². The van der Waals surface area contributed by atoms with Gasteiger partial charge >= 0.3 is 0 Å². The van der Waals surface area contributed by atoms with Gasteiger partial charge in [0.05, 0.1) is 12.3 Å². The second-order valence-electron chi connectivity index (χ2n) is 6.91. The molecule has 0 amide bonds. The van der Waals surface area contributed by atoms with Gasteiger partial charge in [0.2, 0.25) is 0 Å². The third kappa shape index (κ3) is 3.27. The lowest BCUT2D eigenvalue weighted by molar-refractivity contribution is 0.208. The number of hydrogen-bond acceptors (Lipinski definition) is 3. The first-order valence-corrected chi connectivity index (χ1v) is 8.77. The highest BCUT2D eigenvalue weighted by atomic mass is 16.5. The molecule has 0 bridgehead atoms. The molecule has 2 aromatic rings. The molecule has 1 atom stereocenters. The lowest BCUT2D eigenvalue weighted by atomic mass is 9.94. The number of benzene rings is 1. The van der Waals surface area contributed by atoms with E-state index in [-0.39, 0.29) is 0 Å². The van der Waals surface area contributed by atoms with E-state index >= 15 is 0 Å². The molecule has 4 heteroatoms.